The molecule has 112 valence electrons. The number of nitrogens with zero attached hydrogens (tertiary/aromatic N) is 1. The highest BCUT2D eigenvalue weighted by atomic mass is 32.2. The molecule has 1 rings (SSSR count). The van der Waals surface area contributed by atoms with Crippen molar-refractivity contribution in [2.75, 3.05) is 19.6 Å². The van der Waals surface area contributed by atoms with E-state index < -0.39 is 22.1 Å². The van der Waals surface area contributed by atoms with Gasteiger partial charge in [-0.3, -0.25) is 4.79 Å². The number of carboxylic acid groups (broad SMARTS) is 1. The molecular formula is C12H24N2O4S. The second-order valence-electron chi connectivity index (χ2n) is 5.59. The molecule has 2 N–H and O–H groups in total. The van der Waals surface area contributed by atoms with E-state index >= 15 is 0 Å². The summed E-state index contributed by atoms with van der Waals surface area (Å²) in [6, 6.07) is 0. The molecule has 0 aliphatic carbocycles. The van der Waals surface area contributed by atoms with Crippen molar-refractivity contribution in [3.05, 3.63) is 0 Å². The monoisotopic (exact) mass is 292 g/mol. The Morgan fingerprint density at radius 3 is 2.26 bits per heavy atom. The predicted molar refractivity (Wildman–Crippen MR) is 72.9 cm³/mol. The van der Waals surface area contributed by atoms with Crippen LogP contribution in [0.3, 0.4) is 0 Å². The molecule has 0 bridgehead atoms. The lowest BCUT2D eigenvalue weighted by atomic mass is 9.99. The van der Waals surface area contributed by atoms with Gasteiger partial charge < -0.3 is 5.11 Å². The zero-order chi connectivity index (χ0) is 14.6. The summed E-state index contributed by atoms with van der Waals surface area (Å²) in [7, 11) is -3.47. The van der Waals surface area contributed by atoms with Crippen LogP contribution < -0.4 is 4.72 Å². The summed E-state index contributed by atoms with van der Waals surface area (Å²) >= 11 is 0. The van der Waals surface area contributed by atoms with Gasteiger partial charge in [0.1, 0.15) is 0 Å². The maximum atomic E-state index is 12.1. The summed E-state index contributed by atoms with van der Waals surface area (Å²) in [4.78, 5) is 10.8. The third kappa shape index (κ3) is 4.74. The minimum atomic E-state index is -3.47. The average Bonchev–Trinajstić information content (AvgIpc) is 2.36. The standard InChI is InChI=1S/C12H24N2O4S/c1-9(2)10(3)8-13-19(17,18)14-6-4-11(5-7-14)12(15)16/h9-11,13H,4-8H2,1-3H3,(H,15,16). The lowest BCUT2D eigenvalue weighted by Crippen LogP contribution is -2.47. The summed E-state index contributed by atoms with van der Waals surface area (Å²) in [5.74, 6) is -0.564. The fourth-order valence-corrected chi connectivity index (χ4v) is 3.25. The molecule has 0 radical (unpaired) electrons. The van der Waals surface area contributed by atoms with Gasteiger partial charge in [-0.2, -0.15) is 12.7 Å². The van der Waals surface area contributed by atoms with Crippen molar-refractivity contribution in [1.82, 2.24) is 9.03 Å². The quantitative estimate of drug-likeness (QED) is 0.762. The molecule has 0 aromatic rings. The number of rotatable bonds is 6. The van der Waals surface area contributed by atoms with Crippen LogP contribution in [0.25, 0.3) is 0 Å². The Morgan fingerprint density at radius 2 is 1.84 bits per heavy atom. The van der Waals surface area contributed by atoms with Crippen molar-refractivity contribution in [1.29, 1.82) is 0 Å². The van der Waals surface area contributed by atoms with E-state index in [0.29, 0.717) is 25.3 Å². The maximum absolute atomic E-state index is 12.1. The Balaban J connectivity index is 2.49. The van der Waals surface area contributed by atoms with E-state index in [1.165, 1.54) is 4.31 Å². The molecule has 0 spiro atoms. The van der Waals surface area contributed by atoms with Gasteiger partial charge in [-0.05, 0) is 24.7 Å². The summed E-state index contributed by atoms with van der Waals surface area (Å²) in [6.45, 7) is 7.09. The summed E-state index contributed by atoms with van der Waals surface area (Å²) in [5.41, 5.74) is 0. The van der Waals surface area contributed by atoms with Crippen LogP contribution in [0.4, 0.5) is 0 Å². The van der Waals surface area contributed by atoms with Gasteiger partial charge >= 0.3 is 5.97 Å². The molecule has 7 heteroatoms. The van der Waals surface area contributed by atoms with Gasteiger partial charge in [-0.25, -0.2) is 4.72 Å². The van der Waals surface area contributed by atoms with Crippen molar-refractivity contribution < 1.29 is 18.3 Å². The van der Waals surface area contributed by atoms with Gasteiger partial charge in [-0.1, -0.05) is 20.8 Å². The van der Waals surface area contributed by atoms with Gasteiger partial charge in [0.05, 0.1) is 5.92 Å². The zero-order valence-corrected chi connectivity index (χ0v) is 12.6. The Bertz CT molecular complexity index is 400. The van der Waals surface area contributed by atoms with E-state index in [0.717, 1.165) is 0 Å². The lowest BCUT2D eigenvalue weighted by Gasteiger charge is -2.30. The van der Waals surface area contributed by atoms with Crippen LogP contribution in [-0.4, -0.2) is 43.4 Å². The van der Waals surface area contributed by atoms with Crippen LogP contribution in [0, 0.1) is 17.8 Å². The topological polar surface area (TPSA) is 86.7 Å². The molecule has 19 heavy (non-hydrogen) atoms. The number of hydrogen-bond acceptors (Lipinski definition) is 3. The van der Waals surface area contributed by atoms with E-state index in [9.17, 15) is 13.2 Å². The normalized spacial score (nSPS) is 20.6. The maximum Gasteiger partial charge on any atom is 0.306 e. The SMILES string of the molecule is CC(C)C(C)CNS(=O)(=O)N1CCC(C(=O)O)CC1. The summed E-state index contributed by atoms with van der Waals surface area (Å²) in [5, 5.41) is 8.88. The number of hydrogen-bond donors (Lipinski definition) is 2. The Labute approximate surface area is 115 Å². The number of carboxylic acids is 1. The first kappa shape index (κ1) is 16.4. The van der Waals surface area contributed by atoms with Crippen LogP contribution in [-0.2, 0) is 15.0 Å². The fourth-order valence-electron chi connectivity index (χ4n) is 1.91. The predicted octanol–water partition coefficient (Wildman–Crippen LogP) is 0.910. The van der Waals surface area contributed by atoms with Crippen LogP contribution >= 0.6 is 0 Å². The molecular weight excluding hydrogens is 268 g/mol. The van der Waals surface area contributed by atoms with E-state index in [4.69, 9.17) is 5.11 Å². The molecule has 1 fully saturated rings. The van der Waals surface area contributed by atoms with Crippen molar-refractivity contribution in [3.8, 4) is 0 Å². The van der Waals surface area contributed by atoms with E-state index in [1.54, 1.807) is 0 Å². The minimum Gasteiger partial charge on any atom is -0.481 e. The Hall–Kier alpha value is -0.660. The molecule has 1 aliphatic heterocycles. The lowest BCUT2D eigenvalue weighted by molar-refractivity contribution is -0.142. The second-order valence-corrected chi connectivity index (χ2v) is 7.34. The fraction of sp³-hybridized carbons (Fsp3) is 0.917. The third-order valence-corrected chi connectivity index (χ3v) is 5.45. The van der Waals surface area contributed by atoms with Gasteiger partial charge in [0.15, 0.2) is 0 Å². The van der Waals surface area contributed by atoms with Gasteiger partial charge in [-0.15, -0.1) is 0 Å². The highest BCUT2D eigenvalue weighted by Gasteiger charge is 2.30. The molecule has 1 unspecified atom stereocenters. The highest BCUT2D eigenvalue weighted by molar-refractivity contribution is 7.87. The van der Waals surface area contributed by atoms with Crippen LogP contribution in [0.15, 0.2) is 0 Å². The Morgan fingerprint density at radius 1 is 1.32 bits per heavy atom. The van der Waals surface area contributed by atoms with Crippen molar-refractivity contribution in [2.45, 2.75) is 33.6 Å². The molecule has 1 aliphatic rings. The van der Waals surface area contributed by atoms with E-state index in [2.05, 4.69) is 18.6 Å². The van der Waals surface area contributed by atoms with E-state index in [-0.39, 0.29) is 19.0 Å². The van der Waals surface area contributed by atoms with Crippen molar-refractivity contribution >= 4 is 16.2 Å². The average molecular weight is 292 g/mol. The van der Waals surface area contributed by atoms with Gasteiger partial charge in [0, 0.05) is 19.6 Å². The molecule has 1 atom stereocenters. The molecule has 0 amide bonds. The largest absolute Gasteiger partial charge is 0.481 e. The smallest absolute Gasteiger partial charge is 0.306 e. The molecule has 0 aromatic heterocycles. The first-order valence-corrected chi connectivity index (χ1v) is 8.15. The molecule has 1 heterocycles. The first-order valence-electron chi connectivity index (χ1n) is 6.71. The summed E-state index contributed by atoms with van der Waals surface area (Å²) < 4.78 is 28.1. The zero-order valence-electron chi connectivity index (χ0n) is 11.8. The number of nitrogens with one attached hydrogen (secondary N) is 1. The number of piperidine rings is 1. The van der Waals surface area contributed by atoms with Gasteiger partial charge in [0.25, 0.3) is 10.2 Å². The molecule has 6 nitrogen and oxygen atoms in total. The van der Waals surface area contributed by atoms with Crippen molar-refractivity contribution in [2.24, 2.45) is 17.8 Å². The van der Waals surface area contributed by atoms with Crippen LogP contribution in [0.5, 0.6) is 0 Å². The van der Waals surface area contributed by atoms with E-state index in [1.807, 2.05) is 6.92 Å². The second kappa shape index (κ2) is 6.67. The Kier molecular flexibility index (Phi) is 5.76. The minimum absolute atomic E-state index is 0.270. The molecule has 0 saturated carbocycles. The first-order chi connectivity index (χ1) is 8.74. The third-order valence-electron chi connectivity index (χ3n) is 3.87. The van der Waals surface area contributed by atoms with Crippen molar-refractivity contribution in [3.63, 3.8) is 0 Å². The number of aliphatic carboxylic acids is 1. The molecule has 1 saturated heterocycles. The highest BCUT2D eigenvalue weighted by Crippen LogP contribution is 2.19. The van der Waals surface area contributed by atoms with Crippen LogP contribution in [0.1, 0.15) is 33.6 Å². The summed E-state index contributed by atoms with van der Waals surface area (Å²) in [6.07, 6.45) is 0.770. The molecule has 0 aromatic carbocycles. The van der Waals surface area contributed by atoms with Gasteiger partial charge in [0.2, 0.25) is 0 Å². The number of carbonyl (C=O) groups is 1. The van der Waals surface area contributed by atoms with Crippen LogP contribution in [0.2, 0.25) is 0 Å².